The van der Waals surface area contributed by atoms with E-state index in [4.69, 9.17) is 5.73 Å². The number of hydrogen-bond donors (Lipinski definition) is 1. The molecule has 1 amide bonds. The van der Waals surface area contributed by atoms with Crippen molar-refractivity contribution >= 4 is 17.3 Å². The van der Waals surface area contributed by atoms with E-state index in [0.717, 1.165) is 43.7 Å². The first-order chi connectivity index (χ1) is 9.15. The van der Waals surface area contributed by atoms with Crippen LogP contribution >= 0.6 is 0 Å². The van der Waals surface area contributed by atoms with Gasteiger partial charge in [0, 0.05) is 20.1 Å². The van der Waals surface area contributed by atoms with Gasteiger partial charge < -0.3 is 15.5 Å². The molecule has 1 aliphatic rings. The minimum Gasteiger partial charge on any atom is -0.373 e. The van der Waals surface area contributed by atoms with Crippen LogP contribution in [0.3, 0.4) is 0 Å². The number of hydrogen-bond acceptors (Lipinski definition) is 3. The largest absolute Gasteiger partial charge is 0.373 e. The fourth-order valence-electron chi connectivity index (χ4n) is 2.59. The van der Waals surface area contributed by atoms with Crippen molar-refractivity contribution in [3.05, 3.63) is 24.3 Å². The van der Waals surface area contributed by atoms with Gasteiger partial charge in [0.25, 0.3) is 0 Å². The predicted octanol–water partition coefficient (Wildman–Crippen LogP) is 1.99. The van der Waals surface area contributed by atoms with Gasteiger partial charge in [0.1, 0.15) is 0 Å². The predicted molar refractivity (Wildman–Crippen MR) is 79.6 cm³/mol. The molecule has 0 fully saturated rings. The average Bonchev–Trinajstić information content (AvgIpc) is 2.58. The van der Waals surface area contributed by atoms with Crippen LogP contribution in [0.1, 0.15) is 26.2 Å². The minimum atomic E-state index is -0.388. The molecular formula is C15H23N3O. The van der Waals surface area contributed by atoms with Crippen molar-refractivity contribution in [2.45, 2.75) is 32.2 Å². The van der Waals surface area contributed by atoms with Gasteiger partial charge in [-0.25, -0.2) is 0 Å². The van der Waals surface area contributed by atoms with Crippen molar-refractivity contribution in [1.29, 1.82) is 0 Å². The molecule has 1 unspecified atom stereocenters. The number of nitrogens with two attached hydrogens (primary N) is 1. The first-order valence-electron chi connectivity index (χ1n) is 7.02. The Bertz CT molecular complexity index is 447. The molecule has 19 heavy (non-hydrogen) atoms. The Kier molecular flexibility index (Phi) is 4.43. The maximum absolute atomic E-state index is 12.5. The van der Waals surface area contributed by atoms with E-state index in [2.05, 4.69) is 24.9 Å². The summed E-state index contributed by atoms with van der Waals surface area (Å²) in [5.41, 5.74) is 8.09. The van der Waals surface area contributed by atoms with E-state index < -0.39 is 0 Å². The summed E-state index contributed by atoms with van der Waals surface area (Å²) in [5.74, 6) is 0.0459. The molecule has 1 aromatic rings. The average molecular weight is 261 g/mol. The van der Waals surface area contributed by atoms with Gasteiger partial charge >= 0.3 is 0 Å². The van der Waals surface area contributed by atoms with Crippen molar-refractivity contribution in [2.75, 3.05) is 29.9 Å². The van der Waals surface area contributed by atoms with Crippen LogP contribution in [-0.4, -0.2) is 32.1 Å². The van der Waals surface area contributed by atoms with Crippen molar-refractivity contribution in [3.8, 4) is 0 Å². The molecule has 0 saturated carbocycles. The summed E-state index contributed by atoms with van der Waals surface area (Å²) < 4.78 is 0. The van der Waals surface area contributed by atoms with Crippen LogP contribution in [0.2, 0.25) is 0 Å². The molecule has 104 valence electrons. The molecule has 2 rings (SSSR count). The molecule has 0 aliphatic carbocycles. The number of carbonyl (C=O) groups excluding carboxylic acids is 1. The number of para-hydroxylation sites is 2. The lowest BCUT2D eigenvalue weighted by Crippen LogP contribution is -2.44. The monoisotopic (exact) mass is 261 g/mol. The normalized spacial score (nSPS) is 16.8. The summed E-state index contributed by atoms with van der Waals surface area (Å²) in [7, 11) is 2.07. The van der Waals surface area contributed by atoms with E-state index in [0.29, 0.717) is 0 Å². The van der Waals surface area contributed by atoms with Crippen LogP contribution in [0, 0.1) is 0 Å². The number of anilines is 2. The first kappa shape index (κ1) is 13.9. The third-order valence-electron chi connectivity index (χ3n) is 3.64. The maximum Gasteiger partial charge on any atom is 0.243 e. The second-order valence-corrected chi connectivity index (χ2v) is 5.15. The number of rotatable bonds is 3. The molecule has 0 bridgehead atoms. The zero-order chi connectivity index (χ0) is 13.8. The van der Waals surface area contributed by atoms with Gasteiger partial charge in [-0.15, -0.1) is 0 Å². The fraction of sp³-hybridized carbons (Fsp3) is 0.533. The standard InChI is InChI=1S/C15H23N3O/c1-3-7-12(16)15(19)18-11-6-10-17(2)13-8-4-5-9-14(13)18/h4-5,8-9,12H,3,6-7,10-11,16H2,1-2H3. The minimum absolute atomic E-state index is 0.0459. The summed E-state index contributed by atoms with van der Waals surface area (Å²) in [6.45, 7) is 3.76. The molecule has 0 spiro atoms. The maximum atomic E-state index is 12.5. The quantitative estimate of drug-likeness (QED) is 0.905. The summed E-state index contributed by atoms with van der Waals surface area (Å²) >= 11 is 0. The van der Waals surface area contributed by atoms with Crippen LogP contribution < -0.4 is 15.5 Å². The summed E-state index contributed by atoms with van der Waals surface area (Å²) in [6, 6.07) is 7.67. The molecule has 0 aromatic heterocycles. The van der Waals surface area contributed by atoms with Crippen LogP contribution in [0.5, 0.6) is 0 Å². The van der Waals surface area contributed by atoms with Crippen molar-refractivity contribution < 1.29 is 4.79 Å². The Morgan fingerprint density at radius 2 is 2.00 bits per heavy atom. The first-order valence-corrected chi connectivity index (χ1v) is 7.02. The van der Waals surface area contributed by atoms with Crippen LogP contribution in [0.15, 0.2) is 24.3 Å². The lowest BCUT2D eigenvalue weighted by atomic mass is 10.1. The van der Waals surface area contributed by atoms with Crippen molar-refractivity contribution in [3.63, 3.8) is 0 Å². The van der Waals surface area contributed by atoms with E-state index in [1.165, 1.54) is 0 Å². The number of benzene rings is 1. The number of nitrogens with zero attached hydrogens (tertiary/aromatic N) is 2. The van der Waals surface area contributed by atoms with Gasteiger partial charge in [-0.1, -0.05) is 25.5 Å². The zero-order valence-electron chi connectivity index (χ0n) is 11.8. The van der Waals surface area contributed by atoms with Gasteiger partial charge in [0.15, 0.2) is 0 Å². The lowest BCUT2D eigenvalue weighted by molar-refractivity contribution is -0.120. The third kappa shape index (κ3) is 2.89. The van der Waals surface area contributed by atoms with Crippen LogP contribution in [0.4, 0.5) is 11.4 Å². The van der Waals surface area contributed by atoms with E-state index in [1.807, 2.05) is 23.1 Å². The highest BCUT2D eigenvalue weighted by molar-refractivity contribution is 6.00. The molecule has 1 heterocycles. The number of fused-ring (bicyclic) bond motifs is 1. The topological polar surface area (TPSA) is 49.6 Å². The van der Waals surface area contributed by atoms with Gasteiger partial charge in [0.2, 0.25) is 5.91 Å². The van der Waals surface area contributed by atoms with E-state index in [-0.39, 0.29) is 11.9 Å². The molecular weight excluding hydrogens is 238 g/mol. The van der Waals surface area contributed by atoms with E-state index >= 15 is 0 Å². The van der Waals surface area contributed by atoms with E-state index in [1.54, 1.807) is 0 Å². The highest BCUT2D eigenvalue weighted by Gasteiger charge is 2.26. The SMILES string of the molecule is CCCC(N)C(=O)N1CCCN(C)c2ccccc21. The highest BCUT2D eigenvalue weighted by atomic mass is 16.2. The summed E-state index contributed by atoms with van der Waals surface area (Å²) in [5, 5.41) is 0. The second kappa shape index (κ2) is 6.06. The van der Waals surface area contributed by atoms with Crippen molar-refractivity contribution in [2.24, 2.45) is 5.73 Å². The lowest BCUT2D eigenvalue weighted by Gasteiger charge is -2.26. The molecule has 0 saturated heterocycles. The molecule has 1 aromatic carbocycles. The fourth-order valence-corrected chi connectivity index (χ4v) is 2.59. The Morgan fingerprint density at radius 3 is 2.68 bits per heavy atom. The second-order valence-electron chi connectivity index (χ2n) is 5.15. The Balaban J connectivity index is 2.30. The molecule has 4 nitrogen and oxygen atoms in total. The van der Waals surface area contributed by atoms with Gasteiger partial charge in [-0.3, -0.25) is 4.79 Å². The van der Waals surface area contributed by atoms with Crippen molar-refractivity contribution in [1.82, 2.24) is 0 Å². The van der Waals surface area contributed by atoms with E-state index in [9.17, 15) is 4.79 Å². The zero-order valence-corrected chi connectivity index (χ0v) is 11.8. The smallest absolute Gasteiger partial charge is 0.243 e. The Morgan fingerprint density at radius 1 is 1.32 bits per heavy atom. The summed E-state index contributed by atoms with van der Waals surface area (Å²) in [6.07, 6.45) is 2.64. The number of amides is 1. The Labute approximate surface area is 115 Å². The summed E-state index contributed by atoms with van der Waals surface area (Å²) in [4.78, 5) is 16.6. The molecule has 1 atom stereocenters. The van der Waals surface area contributed by atoms with Gasteiger partial charge in [0.05, 0.1) is 17.4 Å². The Hall–Kier alpha value is -1.55. The molecule has 4 heteroatoms. The third-order valence-corrected chi connectivity index (χ3v) is 3.64. The number of carbonyl (C=O) groups is 1. The molecule has 2 N–H and O–H groups in total. The van der Waals surface area contributed by atoms with Gasteiger partial charge in [-0.2, -0.15) is 0 Å². The van der Waals surface area contributed by atoms with Gasteiger partial charge in [-0.05, 0) is 25.0 Å². The molecule has 0 radical (unpaired) electrons. The highest BCUT2D eigenvalue weighted by Crippen LogP contribution is 2.31. The van der Waals surface area contributed by atoms with Crippen LogP contribution in [0.25, 0.3) is 0 Å². The van der Waals surface area contributed by atoms with Crippen LogP contribution in [-0.2, 0) is 4.79 Å². The molecule has 1 aliphatic heterocycles.